The van der Waals surface area contributed by atoms with E-state index in [4.69, 9.17) is 0 Å². The van der Waals surface area contributed by atoms with Crippen LogP contribution >= 0.6 is 0 Å². The number of nitrogens with zero attached hydrogens (tertiary/aromatic N) is 1. The summed E-state index contributed by atoms with van der Waals surface area (Å²) in [5, 5.41) is 6.21. The molecule has 0 fully saturated rings. The summed E-state index contributed by atoms with van der Waals surface area (Å²) in [5.74, 6) is 0.111. The van der Waals surface area contributed by atoms with Crippen molar-refractivity contribution in [2.24, 2.45) is 0 Å². The number of amides is 1. The highest BCUT2D eigenvalue weighted by Crippen LogP contribution is 2.03. The van der Waals surface area contributed by atoms with Gasteiger partial charge in [-0.2, -0.15) is 0 Å². The lowest BCUT2D eigenvalue weighted by molar-refractivity contribution is -0.121. The zero-order valence-corrected chi connectivity index (χ0v) is 11.5. The second-order valence-electron chi connectivity index (χ2n) is 4.61. The third-order valence-corrected chi connectivity index (χ3v) is 3.01. The van der Waals surface area contributed by atoms with E-state index in [-0.39, 0.29) is 11.9 Å². The summed E-state index contributed by atoms with van der Waals surface area (Å²) < 4.78 is 0. The van der Waals surface area contributed by atoms with Crippen molar-refractivity contribution in [2.45, 2.75) is 46.2 Å². The van der Waals surface area contributed by atoms with Crippen molar-refractivity contribution in [3.8, 4) is 0 Å². The molecule has 1 aromatic heterocycles. The summed E-state index contributed by atoms with van der Waals surface area (Å²) >= 11 is 0. The molecular formula is C14H23N3O. The van der Waals surface area contributed by atoms with E-state index < -0.39 is 0 Å². The summed E-state index contributed by atoms with van der Waals surface area (Å²) in [6.07, 6.45) is 5.14. The van der Waals surface area contributed by atoms with Gasteiger partial charge in [-0.1, -0.05) is 6.92 Å². The van der Waals surface area contributed by atoms with Gasteiger partial charge in [-0.15, -0.1) is 0 Å². The highest BCUT2D eigenvalue weighted by atomic mass is 16.1. The maximum atomic E-state index is 11.5. The average molecular weight is 249 g/mol. The van der Waals surface area contributed by atoms with Crippen LogP contribution in [0.2, 0.25) is 0 Å². The Morgan fingerprint density at radius 2 is 2.28 bits per heavy atom. The minimum absolute atomic E-state index is 0.111. The molecule has 1 atom stereocenters. The molecule has 0 aromatic carbocycles. The summed E-state index contributed by atoms with van der Waals surface area (Å²) in [7, 11) is 0. The molecule has 0 radical (unpaired) electrons. The summed E-state index contributed by atoms with van der Waals surface area (Å²) in [6.45, 7) is 7.60. The maximum absolute atomic E-state index is 11.5. The molecule has 1 unspecified atom stereocenters. The Bertz CT molecular complexity index is 379. The minimum Gasteiger partial charge on any atom is -0.354 e. The highest BCUT2D eigenvalue weighted by Gasteiger charge is 2.04. The molecule has 0 bridgehead atoms. The van der Waals surface area contributed by atoms with Crippen LogP contribution < -0.4 is 10.6 Å². The first kappa shape index (κ1) is 14.6. The van der Waals surface area contributed by atoms with Crippen LogP contribution in [0.5, 0.6) is 0 Å². The Labute approximate surface area is 109 Å². The topological polar surface area (TPSA) is 54.0 Å². The molecule has 18 heavy (non-hydrogen) atoms. The molecule has 0 spiro atoms. The Balaban J connectivity index is 2.19. The summed E-state index contributed by atoms with van der Waals surface area (Å²) in [5.41, 5.74) is 2.40. The molecule has 4 heteroatoms. The lowest BCUT2D eigenvalue weighted by atomic mass is 10.1. The molecule has 0 aliphatic rings. The third kappa shape index (κ3) is 5.27. The smallest absolute Gasteiger partial charge is 0.221 e. The van der Waals surface area contributed by atoms with Crippen molar-refractivity contribution in [3.63, 3.8) is 0 Å². The van der Waals surface area contributed by atoms with E-state index in [1.54, 1.807) is 6.20 Å². The van der Waals surface area contributed by atoms with Gasteiger partial charge in [-0.05, 0) is 37.5 Å². The van der Waals surface area contributed by atoms with Crippen LogP contribution in [0, 0.1) is 6.92 Å². The number of hydrogen-bond acceptors (Lipinski definition) is 3. The van der Waals surface area contributed by atoms with E-state index in [1.807, 2.05) is 19.2 Å². The van der Waals surface area contributed by atoms with Crippen LogP contribution in [-0.2, 0) is 11.3 Å². The van der Waals surface area contributed by atoms with Crippen LogP contribution in [0.4, 0.5) is 0 Å². The van der Waals surface area contributed by atoms with Gasteiger partial charge in [-0.3, -0.25) is 9.78 Å². The average Bonchev–Trinajstić information content (AvgIpc) is 2.36. The van der Waals surface area contributed by atoms with Gasteiger partial charge >= 0.3 is 0 Å². The van der Waals surface area contributed by atoms with Crippen LogP contribution in [0.15, 0.2) is 18.5 Å². The number of carbonyl (C=O) groups is 1. The lowest BCUT2D eigenvalue weighted by Gasteiger charge is -2.11. The van der Waals surface area contributed by atoms with Gasteiger partial charge in [0, 0.05) is 37.9 Å². The van der Waals surface area contributed by atoms with E-state index in [2.05, 4.69) is 29.5 Å². The molecule has 1 amide bonds. The van der Waals surface area contributed by atoms with E-state index in [0.29, 0.717) is 13.0 Å². The zero-order valence-electron chi connectivity index (χ0n) is 11.5. The summed E-state index contributed by atoms with van der Waals surface area (Å²) in [6, 6.07) is 2.25. The maximum Gasteiger partial charge on any atom is 0.221 e. The largest absolute Gasteiger partial charge is 0.354 e. The standard InChI is InChI=1S/C14H23N3O/c1-4-12(3)17-14(18)6-8-16-10-13-9-15-7-5-11(13)2/h5,7,9,12,16H,4,6,8,10H2,1-3H3,(H,17,18). The number of aromatic nitrogens is 1. The van der Waals surface area contributed by atoms with Gasteiger partial charge < -0.3 is 10.6 Å². The first-order valence-electron chi connectivity index (χ1n) is 6.53. The molecule has 1 heterocycles. The second kappa shape index (κ2) is 7.82. The van der Waals surface area contributed by atoms with Gasteiger partial charge in [-0.25, -0.2) is 0 Å². The third-order valence-electron chi connectivity index (χ3n) is 3.01. The number of pyridine rings is 1. The number of rotatable bonds is 7. The minimum atomic E-state index is 0.111. The molecule has 1 aromatic rings. The molecule has 0 aliphatic heterocycles. The van der Waals surface area contributed by atoms with Gasteiger partial charge in [0.1, 0.15) is 0 Å². The van der Waals surface area contributed by atoms with Crippen molar-refractivity contribution in [3.05, 3.63) is 29.6 Å². The number of nitrogens with one attached hydrogen (secondary N) is 2. The highest BCUT2D eigenvalue weighted by molar-refractivity contribution is 5.76. The fourth-order valence-corrected chi connectivity index (χ4v) is 1.56. The molecule has 100 valence electrons. The predicted octanol–water partition coefficient (Wildman–Crippen LogP) is 1.78. The fourth-order valence-electron chi connectivity index (χ4n) is 1.56. The Hall–Kier alpha value is -1.42. The van der Waals surface area contributed by atoms with Crippen LogP contribution in [0.1, 0.15) is 37.8 Å². The van der Waals surface area contributed by atoms with Gasteiger partial charge in [0.15, 0.2) is 0 Å². The Kier molecular flexibility index (Phi) is 6.36. The SMILES string of the molecule is CCC(C)NC(=O)CCNCc1cnccc1C. The van der Waals surface area contributed by atoms with E-state index in [0.717, 1.165) is 13.0 Å². The van der Waals surface area contributed by atoms with Crippen molar-refractivity contribution < 1.29 is 4.79 Å². The monoisotopic (exact) mass is 249 g/mol. The number of aryl methyl sites for hydroxylation is 1. The molecule has 4 nitrogen and oxygen atoms in total. The van der Waals surface area contributed by atoms with Gasteiger partial charge in [0.2, 0.25) is 5.91 Å². The molecular weight excluding hydrogens is 226 g/mol. The normalized spacial score (nSPS) is 12.2. The van der Waals surface area contributed by atoms with Crippen LogP contribution in [-0.4, -0.2) is 23.5 Å². The molecule has 0 saturated heterocycles. The molecule has 0 saturated carbocycles. The van der Waals surface area contributed by atoms with E-state index in [1.165, 1.54) is 11.1 Å². The number of carbonyl (C=O) groups excluding carboxylic acids is 1. The zero-order chi connectivity index (χ0) is 13.4. The fraction of sp³-hybridized carbons (Fsp3) is 0.571. The number of hydrogen-bond donors (Lipinski definition) is 2. The first-order valence-corrected chi connectivity index (χ1v) is 6.53. The Morgan fingerprint density at radius 1 is 1.50 bits per heavy atom. The summed E-state index contributed by atoms with van der Waals surface area (Å²) in [4.78, 5) is 15.6. The molecule has 2 N–H and O–H groups in total. The lowest BCUT2D eigenvalue weighted by Crippen LogP contribution is -2.33. The Morgan fingerprint density at radius 3 is 2.94 bits per heavy atom. The van der Waals surface area contributed by atoms with Crippen molar-refractivity contribution in [1.29, 1.82) is 0 Å². The molecule has 0 aliphatic carbocycles. The van der Waals surface area contributed by atoms with Crippen molar-refractivity contribution in [1.82, 2.24) is 15.6 Å². The quantitative estimate of drug-likeness (QED) is 0.724. The van der Waals surface area contributed by atoms with Crippen LogP contribution in [0.25, 0.3) is 0 Å². The van der Waals surface area contributed by atoms with Gasteiger partial charge in [0.05, 0.1) is 0 Å². The van der Waals surface area contributed by atoms with Crippen molar-refractivity contribution in [2.75, 3.05) is 6.54 Å². The van der Waals surface area contributed by atoms with Gasteiger partial charge in [0.25, 0.3) is 0 Å². The van der Waals surface area contributed by atoms with E-state index in [9.17, 15) is 4.79 Å². The van der Waals surface area contributed by atoms with E-state index >= 15 is 0 Å². The second-order valence-corrected chi connectivity index (χ2v) is 4.61. The predicted molar refractivity (Wildman–Crippen MR) is 73.2 cm³/mol. The van der Waals surface area contributed by atoms with Crippen molar-refractivity contribution >= 4 is 5.91 Å². The first-order chi connectivity index (χ1) is 8.63. The van der Waals surface area contributed by atoms with Crippen LogP contribution in [0.3, 0.4) is 0 Å². The molecule has 1 rings (SSSR count).